The van der Waals surface area contributed by atoms with Crippen molar-refractivity contribution in [3.63, 3.8) is 0 Å². The van der Waals surface area contributed by atoms with E-state index in [1.165, 1.54) is 6.08 Å². The second-order valence-corrected chi connectivity index (χ2v) is 1.93. The van der Waals surface area contributed by atoms with Gasteiger partial charge in [0.1, 0.15) is 0 Å². The molecule has 0 saturated carbocycles. The molecule has 0 N–H and O–H groups in total. The largest absolute Gasteiger partial charge is 0.310 e. The molecular weight excluding hydrogens is 128 g/mol. The van der Waals surface area contributed by atoms with Crippen LogP contribution in [0.1, 0.15) is 0 Å². The lowest BCUT2D eigenvalue weighted by atomic mass is 10.5. The van der Waals surface area contributed by atoms with Gasteiger partial charge in [-0.05, 0) is 17.4 Å². The number of nitro groups is 1. The Hall–Kier alpha value is -0.550. The summed E-state index contributed by atoms with van der Waals surface area (Å²) in [4.78, 5) is 9.41. The lowest BCUT2D eigenvalue weighted by Crippen LogP contribution is -2.20. The van der Waals surface area contributed by atoms with E-state index < -0.39 is 11.1 Å². The van der Waals surface area contributed by atoms with Gasteiger partial charge in [-0.1, -0.05) is 4.72 Å². The van der Waals surface area contributed by atoms with E-state index in [1.807, 2.05) is 0 Å². The van der Waals surface area contributed by atoms with Crippen LogP contribution in [-0.2, 0) is 0 Å². The highest BCUT2D eigenvalue weighted by molar-refractivity contribution is 8.00. The lowest BCUT2D eigenvalue weighted by Gasteiger charge is -1.92. The summed E-state index contributed by atoms with van der Waals surface area (Å²) in [6.45, 7) is 0. The van der Waals surface area contributed by atoms with Gasteiger partial charge in [-0.3, -0.25) is 10.1 Å². The molecule has 1 rings (SSSR count). The van der Waals surface area contributed by atoms with Crippen LogP contribution in [0.15, 0.2) is 11.5 Å². The Morgan fingerprint density at radius 3 is 2.88 bits per heavy atom. The van der Waals surface area contributed by atoms with E-state index in [-0.39, 0.29) is 0 Å². The first kappa shape index (κ1) is 5.58. The van der Waals surface area contributed by atoms with Crippen molar-refractivity contribution in [2.45, 2.75) is 6.17 Å². The Kier molecular flexibility index (Phi) is 1.50. The van der Waals surface area contributed by atoms with Gasteiger partial charge in [0.05, 0.1) is 0 Å². The Labute approximate surface area is 50.2 Å². The third-order valence-corrected chi connectivity index (χ3v) is 1.31. The summed E-state index contributed by atoms with van der Waals surface area (Å²) in [6.07, 6.45) is 0.644. The monoisotopic (exact) mass is 131 g/mol. The second-order valence-electron chi connectivity index (χ2n) is 1.24. The quantitative estimate of drug-likeness (QED) is 0.293. The fourth-order valence-electron chi connectivity index (χ4n) is 0.347. The molecule has 8 heavy (non-hydrogen) atoms. The van der Waals surface area contributed by atoms with E-state index >= 15 is 0 Å². The van der Waals surface area contributed by atoms with Gasteiger partial charge < -0.3 is 0 Å². The van der Waals surface area contributed by atoms with E-state index in [1.54, 1.807) is 5.41 Å². The smallest absolute Gasteiger partial charge is 0.262 e. The molecule has 0 amide bonds. The number of rotatable bonds is 1. The van der Waals surface area contributed by atoms with Crippen molar-refractivity contribution in [1.29, 1.82) is 0 Å². The van der Waals surface area contributed by atoms with Gasteiger partial charge in [0.2, 0.25) is 0 Å². The second kappa shape index (κ2) is 2.15. The van der Waals surface area contributed by atoms with E-state index in [0.717, 1.165) is 11.9 Å². The van der Waals surface area contributed by atoms with Crippen molar-refractivity contribution in [3.8, 4) is 0 Å². The zero-order chi connectivity index (χ0) is 5.98. The minimum Gasteiger partial charge on any atom is -0.262 e. The van der Waals surface area contributed by atoms with Crippen LogP contribution in [0.3, 0.4) is 0 Å². The molecule has 0 bridgehead atoms. The first-order chi connectivity index (χ1) is 3.80. The van der Waals surface area contributed by atoms with Crippen LogP contribution in [0.25, 0.3) is 0 Å². The summed E-state index contributed by atoms with van der Waals surface area (Å²) in [6, 6.07) is 0. The molecule has 0 aliphatic carbocycles. The fourth-order valence-corrected chi connectivity index (χ4v) is 0.900. The summed E-state index contributed by atoms with van der Waals surface area (Å²) in [7, 11) is 0. The third-order valence-electron chi connectivity index (χ3n) is 0.696. The van der Waals surface area contributed by atoms with Crippen LogP contribution < -0.4 is 4.72 Å². The molecular formula is C3H3N2O2S. The highest BCUT2D eigenvalue weighted by atomic mass is 32.2. The van der Waals surface area contributed by atoms with Crippen LogP contribution in [0.2, 0.25) is 0 Å². The first-order valence-electron chi connectivity index (χ1n) is 1.97. The summed E-state index contributed by atoms with van der Waals surface area (Å²) in [5.74, 6) is 0. The Morgan fingerprint density at radius 2 is 2.62 bits per heavy atom. The Morgan fingerprint density at radius 1 is 1.88 bits per heavy atom. The number of nitrogens with zero attached hydrogens (tertiary/aromatic N) is 2. The first-order valence-corrected chi connectivity index (χ1v) is 2.80. The van der Waals surface area contributed by atoms with Gasteiger partial charge in [0.25, 0.3) is 0 Å². The SMILES string of the molecule is O=[N+]([O-])C1C=CS[N]1. The highest BCUT2D eigenvalue weighted by Gasteiger charge is 2.20. The van der Waals surface area contributed by atoms with Crippen LogP contribution in [0.5, 0.6) is 0 Å². The average Bonchev–Trinajstić information content (AvgIpc) is 2.12. The normalized spacial score (nSPS) is 26.2. The van der Waals surface area contributed by atoms with E-state index in [0.29, 0.717) is 0 Å². The molecule has 1 aliphatic rings. The molecule has 1 unspecified atom stereocenters. The van der Waals surface area contributed by atoms with Crippen LogP contribution in [0.4, 0.5) is 0 Å². The Bertz CT molecular complexity index is 135. The van der Waals surface area contributed by atoms with Crippen molar-refractivity contribution < 1.29 is 4.92 Å². The van der Waals surface area contributed by atoms with Gasteiger partial charge in [0, 0.05) is 11.0 Å². The molecule has 1 heterocycles. The molecule has 0 aromatic heterocycles. The third kappa shape index (κ3) is 0.988. The van der Waals surface area contributed by atoms with E-state index in [4.69, 9.17) is 0 Å². The van der Waals surface area contributed by atoms with Crippen LogP contribution in [-0.4, -0.2) is 11.1 Å². The van der Waals surface area contributed by atoms with Gasteiger partial charge >= 0.3 is 6.17 Å². The average molecular weight is 131 g/mol. The molecule has 0 aromatic carbocycles. The summed E-state index contributed by atoms with van der Waals surface area (Å²) in [5, 5.41) is 11.5. The molecule has 1 radical (unpaired) electrons. The lowest BCUT2D eigenvalue weighted by molar-refractivity contribution is -0.511. The fraction of sp³-hybridized carbons (Fsp3) is 0.333. The van der Waals surface area contributed by atoms with Crippen LogP contribution >= 0.6 is 11.9 Å². The number of hydrogen-bond donors (Lipinski definition) is 0. The van der Waals surface area contributed by atoms with E-state index in [2.05, 4.69) is 4.72 Å². The summed E-state index contributed by atoms with van der Waals surface area (Å²) < 4.78 is 3.54. The predicted molar refractivity (Wildman–Crippen MR) is 29.6 cm³/mol. The van der Waals surface area contributed by atoms with Gasteiger partial charge in [-0.2, -0.15) is 0 Å². The van der Waals surface area contributed by atoms with Gasteiger partial charge in [-0.15, -0.1) is 0 Å². The predicted octanol–water partition coefficient (Wildman–Crippen LogP) is 0.369. The van der Waals surface area contributed by atoms with Gasteiger partial charge in [0.15, 0.2) is 0 Å². The van der Waals surface area contributed by atoms with Gasteiger partial charge in [-0.25, -0.2) is 0 Å². The van der Waals surface area contributed by atoms with Crippen molar-refractivity contribution in [3.05, 3.63) is 21.6 Å². The van der Waals surface area contributed by atoms with Crippen molar-refractivity contribution in [1.82, 2.24) is 4.72 Å². The molecule has 1 atom stereocenters. The van der Waals surface area contributed by atoms with Crippen molar-refractivity contribution in [2.24, 2.45) is 0 Å². The van der Waals surface area contributed by atoms with Crippen molar-refractivity contribution >= 4 is 11.9 Å². The minimum absolute atomic E-state index is 0.434. The maximum atomic E-state index is 9.85. The molecule has 0 saturated heterocycles. The molecule has 43 valence electrons. The molecule has 4 nitrogen and oxygen atoms in total. The molecule has 0 spiro atoms. The zero-order valence-electron chi connectivity index (χ0n) is 3.85. The highest BCUT2D eigenvalue weighted by Crippen LogP contribution is 2.11. The van der Waals surface area contributed by atoms with Crippen LogP contribution in [0, 0.1) is 10.1 Å². The standard InChI is InChI=1S/C3H3N2O2S/c6-5(7)3-1-2-8-4-3/h1-3H. The molecule has 1 aliphatic heterocycles. The summed E-state index contributed by atoms with van der Waals surface area (Å²) >= 11 is 1.11. The topological polar surface area (TPSA) is 57.2 Å². The van der Waals surface area contributed by atoms with E-state index in [9.17, 15) is 10.1 Å². The zero-order valence-corrected chi connectivity index (χ0v) is 4.67. The maximum Gasteiger partial charge on any atom is 0.310 e. The molecule has 0 aromatic rings. The molecule has 5 heteroatoms. The summed E-state index contributed by atoms with van der Waals surface area (Å²) in [5.41, 5.74) is 0. The molecule has 0 fully saturated rings. The Balaban J connectivity index is 2.48. The maximum absolute atomic E-state index is 9.85. The number of hydrogen-bond acceptors (Lipinski definition) is 3. The van der Waals surface area contributed by atoms with Crippen molar-refractivity contribution in [2.75, 3.05) is 0 Å². The minimum atomic E-state index is -0.806.